The van der Waals surface area contributed by atoms with Gasteiger partial charge in [-0.1, -0.05) is 43.8 Å². The van der Waals surface area contributed by atoms with Crippen molar-refractivity contribution in [2.24, 2.45) is 0 Å². The van der Waals surface area contributed by atoms with Crippen molar-refractivity contribution in [1.29, 1.82) is 0 Å². The maximum absolute atomic E-state index is 11.9. The highest BCUT2D eigenvalue weighted by Gasteiger charge is 2.07. The predicted octanol–water partition coefficient (Wildman–Crippen LogP) is 4.11. The van der Waals surface area contributed by atoms with Crippen LogP contribution >= 0.6 is 0 Å². The number of carbonyl (C=O) groups excluding carboxylic acids is 1. The highest BCUT2D eigenvalue weighted by molar-refractivity contribution is 5.91. The molecule has 0 amide bonds. The molecule has 0 aliphatic rings. The third-order valence-electron chi connectivity index (χ3n) is 2.92. The van der Waals surface area contributed by atoms with Gasteiger partial charge in [0.1, 0.15) is 5.75 Å². The van der Waals surface area contributed by atoms with Crippen molar-refractivity contribution >= 4 is 12.0 Å². The number of carbonyl (C=O) groups is 1. The second-order valence-electron chi connectivity index (χ2n) is 4.21. The Morgan fingerprint density at radius 3 is 2.26 bits per heavy atom. The summed E-state index contributed by atoms with van der Waals surface area (Å²) in [5.74, 6) is 0.217. The molecule has 2 heteroatoms. The molecule has 0 spiro atoms. The molecule has 0 aliphatic heterocycles. The maximum atomic E-state index is 11.9. The van der Waals surface area contributed by atoms with Gasteiger partial charge in [-0.3, -0.25) is 0 Å². The van der Waals surface area contributed by atoms with E-state index in [4.69, 9.17) is 4.74 Å². The third kappa shape index (κ3) is 3.32. The minimum atomic E-state index is -0.347. The molecule has 2 aromatic rings. The van der Waals surface area contributed by atoms with Crippen LogP contribution in [0.25, 0.3) is 6.08 Å². The minimum Gasteiger partial charge on any atom is -0.423 e. The van der Waals surface area contributed by atoms with E-state index in [9.17, 15) is 4.79 Å². The van der Waals surface area contributed by atoms with Crippen LogP contribution in [0.15, 0.2) is 55.1 Å². The lowest BCUT2D eigenvalue weighted by Gasteiger charge is -2.05. The summed E-state index contributed by atoms with van der Waals surface area (Å²) in [4.78, 5) is 11.9. The van der Waals surface area contributed by atoms with Crippen molar-refractivity contribution in [1.82, 2.24) is 0 Å². The Bertz CT molecular complexity index is 565. The molecule has 0 atom stereocenters. The molecule has 0 fully saturated rings. The molecule has 2 aromatic carbocycles. The van der Waals surface area contributed by atoms with E-state index in [1.807, 2.05) is 36.4 Å². The largest absolute Gasteiger partial charge is 0.423 e. The molecule has 96 valence electrons. The molecule has 0 radical (unpaired) electrons. The molecular formula is C17H16O2. The van der Waals surface area contributed by atoms with Crippen LogP contribution in [0, 0.1) is 0 Å². The molecule has 0 unspecified atom stereocenters. The second kappa shape index (κ2) is 6.01. The summed E-state index contributed by atoms with van der Waals surface area (Å²) >= 11 is 0. The van der Waals surface area contributed by atoms with Gasteiger partial charge < -0.3 is 4.74 Å². The Morgan fingerprint density at radius 1 is 1.11 bits per heavy atom. The number of benzene rings is 2. The normalized spacial score (nSPS) is 9.95. The van der Waals surface area contributed by atoms with E-state index >= 15 is 0 Å². The van der Waals surface area contributed by atoms with Crippen molar-refractivity contribution in [2.75, 3.05) is 0 Å². The van der Waals surface area contributed by atoms with Gasteiger partial charge in [-0.2, -0.15) is 0 Å². The molecule has 0 aliphatic carbocycles. The summed E-state index contributed by atoms with van der Waals surface area (Å²) in [6.45, 7) is 5.76. The van der Waals surface area contributed by atoms with Crippen LogP contribution < -0.4 is 4.74 Å². The average Bonchev–Trinajstić information content (AvgIpc) is 2.48. The molecule has 0 N–H and O–H groups in total. The van der Waals surface area contributed by atoms with Crippen LogP contribution in [-0.4, -0.2) is 5.97 Å². The quantitative estimate of drug-likeness (QED) is 0.604. The van der Waals surface area contributed by atoms with Crippen molar-refractivity contribution in [2.45, 2.75) is 13.3 Å². The summed E-state index contributed by atoms with van der Waals surface area (Å²) in [6.07, 6.45) is 2.70. The molecule has 0 aromatic heterocycles. The highest BCUT2D eigenvalue weighted by Crippen LogP contribution is 2.15. The SMILES string of the molecule is C=Cc1ccc(C(=O)Oc2ccc(CC)cc2)cc1. The van der Waals surface area contributed by atoms with Gasteiger partial charge in [0.25, 0.3) is 0 Å². The third-order valence-corrected chi connectivity index (χ3v) is 2.92. The van der Waals surface area contributed by atoms with Gasteiger partial charge in [-0.15, -0.1) is 0 Å². The molecular weight excluding hydrogens is 236 g/mol. The molecule has 0 saturated heterocycles. The van der Waals surface area contributed by atoms with Crippen molar-refractivity contribution in [3.05, 3.63) is 71.8 Å². The fraction of sp³-hybridized carbons (Fsp3) is 0.118. The smallest absolute Gasteiger partial charge is 0.343 e. The van der Waals surface area contributed by atoms with E-state index in [0.717, 1.165) is 12.0 Å². The number of aryl methyl sites for hydroxylation is 1. The first-order valence-electron chi connectivity index (χ1n) is 6.26. The van der Waals surface area contributed by atoms with Gasteiger partial charge in [0.2, 0.25) is 0 Å². The zero-order valence-electron chi connectivity index (χ0n) is 10.9. The Labute approximate surface area is 113 Å². The van der Waals surface area contributed by atoms with E-state index in [0.29, 0.717) is 11.3 Å². The van der Waals surface area contributed by atoms with Crippen molar-refractivity contribution in [3.63, 3.8) is 0 Å². The van der Waals surface area contributed by atoms with E-state index in [2.05, 4.69) is 13.5 Å². The summed E-state index contributed by atoms with van der Waals surface area (Å²) in [5.41, 5.74) is 2.73. The predicted molar refractivity (Wildman–Crippen MR) is 77.3 cm³/mol. The van der Waals surface area contributed by atoms with Gasteiger partial charge >= 0.3 is 5.97 Å². The number of esters is 1. The molecule has 0 bridgehead atoms. The van der Waals surface area contributed by atoms with Gasteiger partial charge in [-0.25, -0.2) is 4.79 Å². The first-order valence-corrected chi connectivity index (χ1v) is 6.26. The number of rotatable bonds is 4. The van der Waals surface area contributed by atoms with Crippen LogP contribution in [-0.2, 0) is 6.42 Å². The summed E-state index contributed by atoms with van der Waals surface area (Å²) in [5, 5.41) is 0. The van der Waals surface area contributed by atoms with Gasteiger partial charge in [0.05, 0.1) is 5.56 Å². The average molecular weight is 252 g/mol. The van der Waals surface area contributed by atoms with Crippen molar-refractivity contribution in [3.8, 4) is 5.75 Å². The molecule has 2 rings (SSSR count). The number of hydrogen-bond donors (Lipinski definition) is 0. The standard InChI is InChI=1S/C17H16O2/c1-3-13-5-9-15(10-6-13)17(18)19-16-11-7-14(4-2)8-12-16/h3,5-12H,1,4H2,2H3. The number of hydrogen-bond acceptors (Lipinski definition) is 2. The van der Waals surface area contributed by atoms with Crippen LogP contribution in [0.4, 0.5) is 0 Å². The Hall–Kier alpha value is -2.35. The summed E-state index contributed by atoms with van der Waals surface area (Å²) in [6, 6.07) is 14.7. The van der Waals surface area contributed by atoms with Crippen LogP contribution in [0.5, 0.6) is 5.75 Å². The highest BCUT2D eigenvalue weighted by atomic mass is 16.5. The first kappa shape index (κ1) is 13.1. The Kier molecular flexibility index (Phi) is 4.14. The fourth-order valence-corrected chi connectivity index (χ4v) is 1.71. The van der Waals surface area contributed by atoms with E-state index in [1.165, 1.54) is 5.56 Å². The van der Waals surface area contributed by atoms with E-state index in [1.54, 1.807) is 18.2 Å². The van der Waals surface area contributed by atoms with Crippen LogP contribution in [0.2, 0.25) is 0 Å². The summed E-state index contributed by atoms with van der Waals surface area (Å²) < 4.78 is 5.31. The molecule has 19 heavy (non-hydrogen) atoms. The first-order chi connectivity index (χ1) is 9.22. The van der Waals surface area contributed by atoms with Crippen LogP contribution in [0.3, 0.4) is 0 Å². The van der Waals surface area contributed by atoms with Gasteiger partial charge in [0, 0.05) is 0 Å². The topological polar surface area (TPSA) is 26.3 Å². The Morgan fingerprint density at radius 2 is 1.74 bits per heavy atom. The van der Waals surface area contributed by atoms with Gasteiger partial charge in [-0.05, 0) is 41.8 Å². The lowest BCUT2D eigenvalue weighted by Crippen LogP contribution is -2.08. The maximum Gasteiger partial charge on any atom is 0.343 e. The van der Waals surface area contributed by atoms with E-state index in [-0.39, 0.29) is 5.97 Å². The Balaban J connectivity index is 2.08. The lowest BCUT2D eigenvalue weighted by atomic mass is 10.1. The van der Waals surface area contributed by atoms with Gasteiger partial charge in [0.15, 0.2) is 0 Å². The molecule has 0 heterocycles. The summed E-state index contributed by atoms with van der Waals surface area (Å²) in [7, 11) is 0. The fourth-order valence-electron chi connectivity index (χ4n) is 1.71. The lowest BCUT2D eigenvalue weighted by molar-refractivity contribution is 0.0735. The van der Waals surface area contributed by atoms with Crippen LogP contribution in [0.1, 0.15) is 28.4 Å². The minimum absolute atomic E-state index is 0.347. The molecule has 0 saturated carbocycles. The zero-order chi connectivity index (χ0) is 13.7. The number of ether oxygens (including phenoxy) is 1. The zero-order valence-corrected chi connectivity index (χ0v) is 10.9. The second-order valence-corrected chi connectivity index (χ2v) is 4.21. The molecule has 2 nitrogen and oxygen atoms in total. The van der Waals surface area contributed by atoms with Crippen molar-refractivity contribution < 1.29 is 9.53 Å². The van der Waals surface area contributed by atoms with E-state index < -0.39 is 0 Å². The monoisotopic (exact) mass is 252 g/mol.